The average molecular weight is 539 g/mol. The first-order chi connectivity index (χ1) is 19.5. The highest BCUT2D eigenvalue weighted by atomic mass is 19.1. The number of aromatic nitrogens is 2. The van der Waals surface area contributed by atoms with Crippen LogP contribution < -0.4 is 15.4 Å². The van der Waals surface area contributed by atoms with Crippen LogP contribution in [0.25, 0.3) is 11.1 Å². The fraction of sp³-hybridized carbons (Fsp3) is 0.226. The molecule has 0 fully saturated rings. The van der Waals surface area contributed by atoms with Gasteiger partial charge in [0.1, 0.15) is 17.3 Å². The topological polar surface area (TPSA) is 91.7 Å². The number of ether oxygens (including phenoxy) is 1. The number of methoxy groups -OCH3 is 1. The van der Waals surface area contributed by atoms with E-state index in [-0.39, 0.29) is 17.4 Å². The predicted molar refractivity (Wildman–Crippen MR) is 156 cm³/mol. The van der Waals surface area contributed by atoms with E-state index < -0.39 is 0 Å². The van der Waals surface area contributed by atoms with E-state index in [4.69, 9.17) is 9.72 Å². The first-order valence-corrected chi connectivity index (χ1v) is 13.1. The number of carbonyl (C=O) groups excluding carboxylic acids is 1. The minimum atomic E-state index is -0.376. The van der Waals surface area contributed by atoms with Gasteiger partial charge in [0, 0.05) is 54.4 Å². The number of rotatable bonds is 9. The zero-order chi connectivity index (χ0) is 28.1. The maximum absolute atomic E-state index is 15.1. The van der Waals surface area contributed by atoms with Gasteiger partial charge in [-0.25, -0.2) is 14.4 Å². The molecule has 1 aromatic heterocycles. The van der Waals surface area contributed by atoms with Crippen molar-refractivity contribution in [2.75, 3.05) is 39.6 Å². The second kappa shape index (κ2) is 12.0. The number of aliphatic imine (C=N–C) groups is 1. The number of benzene rings is 2. The third-order valence-corrected chi connectivity index (χ3v) is 6.82. The lowest BCUT2D eigenvalue weighted by Gasteiger charge is -2.22. The van der Waals surface area contributed by atoms with Crippen molar-refractivity contribution in [2.24, 2.45) is 4.99 Å². The van der Waals surface area contributed by atoms with Crippen LogP contribution in [0.4, 0.5) is 16.0 Å². The molecule has 1 aliphatic heterocycles. The van der Waals surface area contributed by atoms with Gasteiger partial charge in [0.05, 0.1) is 12.8 Å². The van der Waals surface area contributed by atoms with Crippen molar-refractivity contribution < 1.29 is 13.9 Å². The van der Waals surface area contributed by atoms with Crippen LogP contribution >= 0.6 is 0 Å². The fourth-order valence-electron chi connectivity index (χ4n) is 4.71. The van der Waals surface area contributed by atoms with Gasteiger partial charge in [-0.1, -0.05) is 30.3 Å². The molecule has 0 unspecified atom stereocenters. The Kier molecular flexibility index (Phi) is 8.12. The zero-order valence-corrected chi connectivity index (χ0v) is 22.7. The van der Waals surface area contributed by atoms with Gasteiger partial charge >= 0.3 is 0 Å². The van der Waals surface area contributed by atoms with E-state index in [9.17, 15) is 4.79 Å². The number of nitrogens with zero attached hydrogens (tertiary/aromatic N) is 4. The van der Waals surface area contributed by atoms with Gasteiger partial charge in [0.2, 0.25) is 5.95 Å². The Bertz CT molecular complexity index is 1560. The second-order valence-electron chi connectivity index (χ2n) is 9.53. The summed E-state index contributed by atoms with van der Waals surface area (Å²) in [5.74, 6) is 0.504. The summed E-state index contributed by atoms with van der Waals surface area (Å²) in [6.07, 6.45) is 8.50. The van der Waals surface area contributed by atoms with Gasteiger partial charge in [-0.05, 0) is 61.9 Å². The summed E-state index contributed by atoms with van der Waals surface area (Å²) in [6, 6.07) is 14.1. The van der Waals surface area contributed by atoms with Crippen molar-refractivity contribution in [3.8, 4) is 5.75 Å². The molecule has 2 heterocycles. The van der Waals surface area contributed by atoms with Crippen molar-refractivity contribution >= 4 is 34.4 Å². The van der Waals surface area contributed by atoms with Crippen molar-refractivity contribution in [2.45, 2.75) is 12.8 Å². The Balaban J connectivity index is 1.56. The van der Waals surface area contributed by atoms with Crippen molar-refractivity contribution in [3.05, 3.63) is 101 Å². The van der Waals surface area contributed by atoms with E-state index in [2.05, 4.69) is 20.6 Å². The molecule has 5 rings (SSSR count). The molecular weight excluding hydrogens is 507 g/mol. The molecule has 0 bridgehead atoms. The van der Waals surface area contributed by atoms with Gasteiger partial charge in [-0.3, -0.25) is 9.79 Å². The molecule has 8 nitrogen and oxygen atoms in total. The van der Waals surface area contributed by atoms with E-state index >= 15 is 4.39 Å². The summed E-state index contributed by atoms with van der Waals surface area (Å²) < 4.78 is 20.5. The second-order valence-corrected chi connectivity index (χ2v) is 9.53. The van der Waals surface area contributed by atoms with E-state index in [1.54, 1.807) is 55.7 Å². The number of hydrogen-bond donors (Lipinski definition) is 2. The standard InChI is InChI=1S/C31H31FN6O2/c1-33-14-7-15-38(2)30(39)28-17-25(24-10-4-5-11-27(24)32)23-13-12-20-18-35-31(37-29(20)26(23)19-34-28)36-21-8-6-9-22(16-21)40-3/h4-6,8-11,13,16-19,33H,7,12,14-15H2,1-3H3,(H,35,36,37). The number of allylic oxidation sites excluding steroid dienone is 4. The van der Waals surface area contributed by atoms with Crippen LogP contribution in [0.5, 0.6) is 5.75 Å². The van der Waals surface area contributed by atoms with Gasteiger partial charge in [0.15, 0.2) is 0 Å². The van der Waals surface area contributed by atoms with Crippen LogP contribution in [-0.4, -0.2) is 60.8 Å². The minimum Gasteiger partial charge on any atom is -0.497 e. The highest BCUT2D eigenvalue weighted by Gasteiger charge is 2.28. The summed E-state index contributed by atoms with van der Waals surface area (Å²) >= 11 is 0. The normalized spacial score (nSPS) is 14.0. The molecule has 3 aromatic rings. The van der Waals surface area contributed by atoms with Gasteiger partial charge in [0.25, 0.3) is 5.91 Å². The minimum absolute atomic E-state index is 0.232. The van der Waals surface area contributed by atoms with Gasteiger partial charge in [-0.15, -0.1) is 0 Å². The quantitative estimate of drug-likeness (QED) is 0.381. The molecule has 0 spiro atoms. The third-order valence-electron chi connectivity index (χ3n) is 6.82. The third kappa shape index (κ3) is 5.69. The monoisotopic (exact) mass is 538 g/mol. The molecule has 0 atom stereocenters. The molecule has 2 aliphatic rings. The van der Waals surface area contributed by atoms with Crippen LogP contribution in [0, 0.1) is 5.82 Å². The number of hydrogen-bond acceptors (Lipinski definition) is 7. The maximum atomic E-state index is 15.1. The SMILES string of the molecule is CNCCCN(C)C(=O)C1=NC=C2C(=CCc3cnc(Nc4cccc(OC)c4)nc32)C(c2ccccc2F)=C1. The number of nitrogens with one attached hydrogen (secondary N) is 2. The molecule has 0 saturated carbocycles. The molecule has 1 amide bonds. The van der Waals surface area contributed by atoms with Crippen molar-refractivity contribution in [1.82, 2.24) is 20.2 Å². The highest BCUT2D eigenvalue weighted by Crippen LogP contribution is 2.40. The lowest BCUT2D eigenvalue weighted by Crippen LogP contribution is -2.34. The summed E-state index contributed by atoms with van der Waals surface area (Å²) in [4.78, 5) is 29.0. The number of carbonyl (C=O) groups is 1. The van der Waals surface area contributed by atoms with Crippen molar-refractivity contribution in [3.63, 3.8) is 0 Å². The van der Waals surface area contributed by atoms with E-state index in [1.807, 2.05) is 37.4 Å². The molecule has 0 radical (unpaired) electrons. The molecule has 2 N–H and O–H groups in total. The molecule has 40 heavy (non-hydrogen) atoms. The summed E-state index contributed by atoms with van der Waals surface area (Å²) in [7, 11) is 5.24. The molecule has 0 saturated heterocycles. The van der Waals surface area contributed by atoms with Crippen LogP contribution in [0.2, 0.25) is 0 Å². The number of anilines is 2. The Hall–Kier alpha value is -4.63. The molecule has 9 heteroatoms. The largest absolute Gasteiger partial charge is 0.497 e. The zero-order valence-electron chi connectivity index (χ0n) is 22.7. The maximum Gasteiger partial charge on any atom is 0.272 e. The Labute approximate surface area is 233 Å². The Morgan fingerprint density at radius 1 is 1.12 bits per heavy atom. The number of amides is 1. The van der Waals surface area contributed by atoms with Crippen LogP contribution in [0.3, 0.4) is 0 Å². The van der Waals surface area contributed by atoms with Gasteiger partial charge < -0.3 is 20.3 Å². The molecule has 2 aromatic carbocycles. The fourth-order valence-corrected chi connectivity index (χ4v) is 4.71. The van der Waals surface area contributed by atoms with Crippen molar-refractivity contribution in [1.29, 1.82) is 0 Å². The summed E-state index contributed by atoms with van der Waals surface area (Å²) in [6.45, 7) is 1.36. The smallest absolute Gasteiger partial charge is 0.272 e. The Morgan fingerprint density at radius 2 is 1.98 bits per heavy atom. The average Bonchev–Trinajstić information content (AvgIpc) is 3.17. The number of halogens is 1. The molecule has 204 valence electrons. The molecular formula is C31H31FN6O2. The Morgan fingerprint density at radius 3 is 2.77 bits per heavy atom. The van der Waals surface area contributed by atoms with Crippen LogP contribution in [-0.2, 0) is 11.2 Å². The van der Waals surface area contributed by atoms with Crippen LogP contribution in [0.1, 0.15) is 23.2 Å². The van der Waals surface area contributed by atoms with Gasteiger partial charge in [-0.2, -0.15) is 0 Å². The van der Waals surface area contributed by atoms with E-state index in [0.717, 1.165) is 29.8 Å². The first-order valence-electron chi connectivity index (χ1n) is 13.1. The lowest BCUT2D eigenvalue weighted by atomic mass is 9.84. The van der Waals surface area contributed by atoms with E-state index in [0.29, 0.717) is 47.1 Å². The predicted octanol–water partition coefficient (Wildman–Crippen LogP) is 4.80. The summed E-state index contributed by atoms with van der Waals surface area (Å²) in [5, 5.41) is 6.33. The number of fused-ring (bicyclic) bond motifs is 3. The van der Waals surface area contributed by atoms with Crippen LogP contribution in [0.15, 0.2) is 83.6 Å². The molecule has 1 aliphatic carbocycles. The first kappa shape index (κ1) is 27.0. The summed E-state index contributed by atoms with van der Waals surface area (Å²) in [5.41, 5.74) is 5.06. The van der Waals surface area contributed by atoms with E-state index in [1.165, 1.54) is 6.07 Å². The lowest BCUT2D eigenvalue weighted by molar-refractivity contribution is -0.122. The highest BCUT2D eigenvalue weighted by molar-refractivity contribution is 6.45.